The molecule has 0 amide bonds. The molecule has 0 heterocycles. The van der Waals surface area contributed by atoms with Crippen molar-refractivity contribution in [3.05, 3.63) is 194 Å². The first kappa shape index (κ1) is 30.8. The lowest BCUT2D eigenvalue weighted by Gasteiger charge is -2.35. The van der Waals surface area contributed by atoms with Crippen molar-refractivity contribution >= 4 is 34.1 Å². The quantitative estimate of drug-likeness (QED) is 0.167. The first-order chi connectivity index (χ1) is 23.5. The van der Waals surface area contributed by atoms with E-state index in [1.54, 1.807) is 0 Å². The van der Waals surface area contributed by atoms with Crippen molar-refractivity contribution in [3.63, 3.8) is 0 Å². The molecule has 0 saturated carbocycles. The largest absolute Gasteiger partial charge is 0.310 e. The van der Waals surface area contributed by atoms with Gasteiger partial charge in [-0.05, 0) is 88.3 Å². The van der Waals surface area contributed by atoms with E-state index in [1.807, 2.05) is 0 Å². The second-order valence-electron chi connectivity index (χ2n) is 13.1. The first-order valence-electron chi connectivity index (χ1n) is 16.6. The minimum absolute atomic E-state index is 0.114. The molecule has 0 aliphatic heterocycles. The zero-order valence-corrected chi connectivity index (χ0v) is 27.8. The van der Waals surface area contributed by atoms with Crippen LogP contribution >= 0.6 is 0 Å². The summed E-state index contributed by atoms with van der Waals surface area (Å²) in [6.07, 6.45) is 0. The third-order valence-corrected chi connectivity index (χ3v) is 8.78. The van der Waals surface area contributed by atoms with Gasteiger partial charge in [0, 0.05) is 28.3 Å². The second-order valence-corrected chi connectivity index (χ2v) is 13.1. The van der Waals surface area contributed by atoms with E-state index < -0.39 is 0 Å². The van der Waals surface area contributed by atoms with Crippen LogP contribution in [0.5, 0.6) is 0 Å². The average molecular weight is 621 g/mol. The maximum atomic E-state index is 2.42. The van der Waals surface area contributed by atoms with E-state index in [-0.39, 0.29) is 5.41 Å². The van der Waals surface area contributed by atoms with E-state index >= 15 is 0 Å². The summed E-state index contributed by atoms with van der Waals surface area (Å²) in [5, 5.41) is 0. The highest BCUT2D eigenvalue weighted by Gasteiger charge is 2.28. The Bertz CT molecular complexity index is 2030. The van der Waals surface area contributed by atoms with Crippen molar-refractivity contribution in [1.29, 1.82) is 0 Å². The van der Waals surface area contributed by atoms with Crippen molar-refractivity contribution in [1.82, 2.24) is 0 Å². The van der Waals surface area contributed by atoms with Crippen LogP contribution in [0.4, 0.5) is 34.1 Å². The van der Waals surface area contributed by atoms with Crippen LogP contribution in [0.15, 0.2) is 188 Å². The van der Waals surface area contributed by atoms with E-state index in [0.29, 0.717) is 0 Å². The molecule has 0 fully saturated rings. The molecule has 0 radical (unpaired) electrons. The molecule has 7 aromatic rings. The van der Waals surface area contributed by atoms with Gasteiger partial charge in [0.25, 0.3) is 0 Å². The monoisotopic (exact) mass is 620 g/mol. The first-order valence-corrected chi connectivity index (χ1v) is 16.6. The fourth-order valence-corrected chi connectivity index (χ4v) is 6.32. The molecule has 48 heavy (non-hydrogen) atoms. The molecule has 0 N–H and O–H groups in total. The van der Waals surface area contributed by atoms with Crippen LogP contribution in [-0.2, 0) is 5.41 Å². The van der Waals surface area contributed by atoms with Crippen molar-refractivity contribution in [2.24, 2.45) is 0 Å². The van der Waals surface area contributed by atoms with Crippen LogP contribution in [0, 0.1) is 0 Å². The average Bonchev–Trinajstić information content (AvgIpc) is 3.14. The standard InChI is InChI=1S/C46H40N2/c1-46(2,3)38-33-43(47(39-23-13-6-14-24-39)40-25-15-7-16-26-40)45(37-21-11-5-12-22-37)44(34-38)48(41-27-17-8-18-28-41)42-31-29-36(30-32-42)35-19-9-4-10-20-35/h4-34H,1-3H3. The lowest BCUT2D eigenvalue weighted by Crippen LogP contribution is -2.19. The summed E-state index contributed by atoms with van der Waals surface area (Å²) in [6.45, 7) is 6.90. The highest BCUT2D eigenvalue weighted by atomic mass is 15.2. The Hall–Kier alpha value is -5.86. The van der Waals surface area contributed by atoms with E-state index in [4.69, 9.17) is 0 Å². The van der Waals surface area contributed by atoms with Crippen LogP contribution < -0.4 is 9.80 Å². The lowest BCUT2D eigenvalue weighted by atomic mass is 9.84. The Balaban J connectivity index is 1.56. The Morgan fingerprint density at radius 1 is 0.333 bits per heavy atom. The van der Waals surface area contributed by atoms with Crippen molar-refractivity contribution in [2.45, 2.75) is 26.2 Å². The molecule has 0 atom stereocenters. The van der Waals surface area contributed by atoms with Gasteiger partial charge in [-0.25, -0.2) is 0 Å². The summed E-state index contributed by atoms with van der Waals surface area (Å²) in [6, 6.07) is 67.3. The second kappa shape index (κ2) is 13.5. The fraction of sp³-hybridized carbons (Fsp3) is 0.0870. The van der Waals surface area contributed by atoms with Gasteiger partial charge in [-0.2, -0.15) is 0 Å². The summed E-state index contributed by atoms with van der Waals surface area (Å²) in [4.78, 5) is 4.83. The van der Waals surface area contributed by atoms with Gasteiger partial charge < -0.3 is 9.80 Å². The van der Waals surface area contributed by atoms with Crippen molar-refractivity contribution < 1.29 is 0 Å². The summed E-state index contributed by atoms with van der Waals surface area (Å²) in [5.74, 6) is 0. The van der Waals surface area contributed by atoms with Gasteiger partial charge in [0.1, 0.15) is 0 Å². The lowest BCUT2D eigenvalue weighted by molar-refractivity contribution is 0.590. The van der Waals surface area contributed by atoms with E-state index in [9.17, 15) is 0 Å². The third kappa shape index (κ3) is 6.38. The molecule has 234 valence electrons. The maximum absolute atomic E-state index is 2.42. The Morgan fingerprint density at radius 2 is 0.646 bits per heavy atom. The van der Waals surface area contributed by atoms with Gasteiger partial charge in [-0.15, -0.1) is 0 Å². The molecule has 2 nitrogen and oxygen atoms in total. The fourth-order valence-electron chi connectivity index (χ4n) is 6.32. The summed E-state index contributed by atoms with van der Waals surface area (Å²) in [5.41, 5.74) is 12.5. The number of benzene rings is 7. The van der Waals surface area contributed by atoms with Crippen LogP contribution in [0.2, 0.25) is 0 Å². The smallest absolute Gasteiger partial charge is 0.0564 e. The van der Waals surface area contributed by atoms with Gasteiger partial charge in [0.15, 0.2) is 0 Å². The molecule has 0 spiro atoms. The van der Waals surface area contributed by atoms with Gasteiger partial charge in [-0.3, -0.25) is 0 Å². The van der Waals surface area contributed by atoms with E-state index in [2.05, 4.69) is 219 Å². The van der Waals surface area contributed by atoms with Gasteiger partial charge in [0.2, 0.25) is 0 Å². The number of hydrogen-bond donors (Lipinski definition) is 0. The molecule has 0 aromatic heterocycles. The number of nitrogens with zero attached hydrogens (tertiary/aromatic N) is 2. The molecule has 0 unspecified atom stereocenters. The Labute approximate surface area is 285 Å². The SMILES string of the molecule is CC(C)(C)c1cc(N(c2ccccc2)c2ccccc2)c(-c2ccccc2)c(N(c2ccccc2)c2ccc(-c3ccccc3)cc2)c1. The predicted octanol–water partition coefficient (Wildman–Crippen LogP) is 13.3. The summed E-state index contributed by atoms with van der Waals surface area (Å²) >= 11 is 0. The van der Waals surface area contributed by atoms with Crippen molar-refractivity contribution in [3.8, 4) is 22.3 Å². The van der Waals surface area contributed by atoms with Crippen LogP contribution in [0.1, 0.15) is 26.3 Å². The highest BCUT2D eigenvalue weighted by Crippen LogP contribution is 2.50. The topological polar surface area (TPSA) is 6.48 Å². The molecule has 7 rings (SSSR count). The minimum Gasteiger partial charge on any atom is -0.310 e. The summed E-state index contributed by atoms with van der Waals surface area (Å²) in [7, 11) is 0. The van der Waals surface area contributed by atoms with Gasteiger partial charge >= 0.3 is 0 Å². The van der Waals surface area contributed by atoms with Crippen LogP contribution in [0.3, 0.4) is 0 Å². The number of anilines is 6. The van der Waals surface area contributed by atoms with E-state index in [0.717, 1.165) is 45.3 Å². The molecule has 0 aliphatic rings. The van der Waals surface area contributed by atoms with Gasteiger partial charge in [0.05, 0.1) is 11.4 Å². The zero-order valence-electron chi connectivity index (χ0n) is 27.8. The molecular formula is C46H40N2. The molecule has 0 aliphatic carbocycles. The normalized spacial score (nSPS) is 11.2. The van der Waals surface area contributed by atoms with Crippen LogP contribution in [-0.4, -0.2) is 0 Å². The van der Waals surface area contributed by atoms with Crippen LogP contribution in [0.25, 0.3) is 22.3 Å². The molecule has 0 bridgehead atoms. The number of para-hydroxylation sites is 3. The summed E-state index contributed by atoms with van der Waals surface area (Å²) < 4.78 is 0. The molecule has 0 saturated heterocycles. The number of rotatable bonds is 8. The molecular weight excluding hydrogens is 581 g/mol. The van der Waals surface area contributed by atoms with E-state index in [1.165, 1.54) is 16.7 Å². The molecule has 7 aromatic carbocycles. The Kier molecular flexibility index (Phi) is 8.64. The maximum Gasteiger partial charge on any atom is 0.0564 e. The van der Waals surface area contributed by atoms with Crippen molar-refractivity contribution in [2.75, 3.05) is 9.80 Å². The third-order valence-electron chi connectivity index (χ3n) is 8.78. The predicted molar refractivity (Wildman–Crippen MR) is 205 cm³/mol. The minimum atomic E-state index is -0.114. The Morgan fingerprint density at radius 3 is 1.02 bits per heavy atom. The number of hydrogen-bond acceptors (Lipinski definition) is 2. The molecule has 2 heteroatoms. The van der Waals surface area contributed by atoms with Gasteiger partial charge in [-0.1, -0.05) is 148 Å². The highest BCUT2D eigenvalue weighted by molar-refractivity contribution is 5.99. The zero-order chi connectivity index (χ0) is 32.9.